The maximum atomic E-state index is 15.3. The Balaban J connectivity index is 1.25. The number of carbonyl (C=O) groups is 4. The lowest BCUT2D eigenvalue weighted by Crippen LogP contribution is -2.60. The number of rotatable bonds is 5. The number of benzene rings is 3. The van der Waals surface area contributed by atoms with Crippen molar-refractivity contribution in [2.45, 2.75) is 28.5 Å². The number of amides is 4. The number of phenolic OH excluding ortho intramolecular Hbond substituents is 1. The SMILES string of the molecule is COc1ccc(C2C3=CCC4C(=O)N(c5ccc(N6CCOCC6)cc5)C(=O)C4C3CC3(Cl)C(=O)N(c4c(F)c(F)c(F)c(F)c4F)C(=O)C23Cl)c(O)c1. The Hall–Kier alpha value is -4.73. The maximum absolute atomic E-state index is 15.3. The van der Waals surface area contributed by atoms with E-state index in [0.717, 1.165) is 16.7 Å². The summed E-state index contributed by atoms with van der Waals surface area (Å²) in [4.78, 5) is 54.6. The first-order valence-corrected chi connectivity index (χ1v) is 17.6. The van der Waals surface area contributed by atoms with Gasteiger partial charge in [0, 0.05) is 36.3 Å². The van der Waals surface area contributed by atoms with Gasteiger partial charge >= 0.3 is 0 Å². The molecular weight excluding hydrogens is 764 g/mol. The van der Waals surface area contributed by atoms with Crippen LogP contribution < -0.4 is 19.4 Å². The molecule has 8 rings (SSSR count). The van der Waals surface area contributed by atoms with Crippen LogP contribution in [0, 0.1) is 46.8 Å². The van der Waals surface area contributed by atoms with Gasteiger partial charge in [0.2, 0.25) is 17.6 Å². The summed E-state index contributed by atoms with van der Waals surface area (Å²) in [6, 6.07) is 10.6. The van der Waals surface area contributed by atoms with Crippen molar-refractivity contribution < 1.29 is 55.7 Å². The predicted octanol–water partition coefficient (Wildman–Crippen LogP) is 5.70. The largest absolute Gasteiger partial charge is 0.508 e. The van der Waals surface area contributed by atoms with E-state index in [1.165, 1.54) is 19.2 Å². The fraction of sp³-hybridized carbons (Fsp3) is 0.351. The van der Waals surface area contributed by atoms with Crippen molar-refractivity contribution in [1.82, 2.24) is 0 Å². The fourth-order valence-corrected chi connectivity index (χ4v) is 9.62. The fourth-order valence-electron chi connectivity index (χ4n) is 8.70. The van der Waals surface area contributed by atoms with Crippen LogP contribution in [0.25, 0.3) is 0 Å². The van der Waals surface area contributed by atoms with Crippen LogP contribution in [0.3, 0.4) is 0 Å². The topological polar surface area (TPSA) is 117 Å². The molecule has 6 atom stereocenters. The lowest BCUT2D eigenvalue weighted by atomic mass is 9.56. The van der Waals surface area contributed by atoms with Gasteiger partial charge in [-0.25, -0.2) is 26.9 Å². The number of morpholine rings is 1. The normalized spacial score (nSPS) is 29.3. The molecule has 6 unspecified atom stereocenters. The van der Waals surface area contributed by atoms with Gasteiger partial charge < -0.3 is 19.5 Å². The third-order valence-corrected chi connectivity index (χ3v) is 12.7. The molecule has 1 N–H and O–H groups in total. The average Bonchev–Trinajstić information content (AvgIpc) is 3.51. The van der Waals surface area contributed by atoms with Gasteiger partial charge in [-0.05, 0) is 49.1 Å². The summed E-state index contributed by atoms with van der Waals surface area (Å²) < 4.78 is 84.2. The molecule has 3 aromatic rings. The lowest BCUT2D eigenvalue weighted by Gasteiger charge is -2.50. The molecule has 0 aromatic heterocycles. The molecule has 4 fully saturated rings. The standard InChI is InChI=1S/C37H28Cl2F5N3O7/c1-53-18-6-7-20(23(48)14-18)25-19-8-9-21-24(33(50)46(32(21)49)17-4-2-16(3-5-17)45-10-12-54-13-11-45)22(19)15-36(38)34(51)47(35(52)37(25,36)39)31-29(43)27(41)26(40)28(42)30(31)44/h2-8,14,21-22,24-25,48H,9-13,15H2,1H3. The number of imide groups is 2. The lowest BCUT2D eigenvalue weighted by molar-refractivity contribution is -0.125. The Labute approximate surface area is 313 Å². The van der Waals surface area contributed by atoms with Gasteiger partial charge in [-0.15, -0.1) is 23.2 Å². The Kier molecular flexibility index (Phi) is 8.51. The summed E-state index contributed by atoms with van der Waals surface area (Å²) >= 11 is 14.3. The number of hydrogen-bond acceptors (Lipinski definition) is 8. The molecule has 282 valence electrons. The van der Waals surface area contributed by atoms with Crippen LogP contribution in [0.15, 0.2) is 54.1 Å². The summed E-state index contributed by atoms with van der Waals surface area (Å²) in [5, 5.41) is 11.3. The number of halogens is 7. The molecule has 10 nitrogen and oxygen atoms in total. The number of anilines is 3. The summed E-state index contributed by atoms with van der Waals surface area (Å²) in [5.74, 6) is -22.1. The first-order chi connectivity index (χ1) is 25.7. The number of hydrogen-bond donors (Lipinski definition) is 1. The second kappa shape index (κ2) is 12.7. The number of carbonyl (C=O) groups excluding carboxylic acids is 4. The number of ether oxygens (including phenoxy) is 2. The maximum Gasteiger partial charge on any atom is 0.258 e. The van der Waals surface area contributed by atoms with Crippen molar-refractivity contribution in [1.29, 1.82) is 0 Å². The average molecular weight is 793 g/mol. The van der Waals surface area contributed by atoms with Gasteiger partial charge in [0.15, 0.2) is 33.0 Å². The molecule has 0 radical (unpaired) electrons. The van der Waals surface area contributed by atoms with Gasteiger partial charge in [0.1, 0.15) is 17.2 Å². The van der Waals surface area contributed by atoms with Gasteiger partial charge in [-0.3, -0.25) is 24.1 Å². The number of nitrogens with zero attached hydrogens (tertiary/aromatic N) is 3. The number of methoxy groups -OCH3 is 1. The quantitative estimate of drug-likeness (QED) is 0.0875. The van der Waals surface area contributed by atoms with E-state index in [2.05, 4.69) is 4.90 Å². The van der Waals surface area contributed by atoms with Crippen LogP contribution in [0.5, 0.6) is 11.5 Å². The van der Waals surface area contributed by atoms with Crippen molar-refractivity contribution in [3.63, 3.8) is 0 Å². The second-order valence-electron chi connectivity index (χ2n) is 13.7. The highest BCUT2D eigenvalue weighted by atomic mass is 35.5. The van der Waals surface area contributed by atoms with E-state index < -0.39 is 104 Å². The number of fused-ring (bicyclic) bond motifs is 4. The van der Waals surface area contributed by atoms with Crippen LogP contribution in [-0.4, -0.2) is 71.9 Å². The minimum absolute atomic E-state index is 0.0530. The Morgan fingerprint density at radius 2 is 1.41 bits per heavy atom. The van der Waals surface area contributed by atoms with Crippen LogP contribution in [-0.2, 0) is 23.9 Å². The number of alkyl halides is 2. The molecule has 0 spiro atoms. The molecule has 3 saturated heterocycles. The van der Waals surface area contributed by atoms with Crippen molar-refractivity contribution in [3.05, 3.63) is 88.8 Å². The zero-order valence-corrected chi connectivity index (χ0v) is 29.6. The number of aromatic hydroxyl groups is 1. The highest BCUT2D eigenvalue weighted by Gasteiger charge is 2.77. The highest BCUT2D eigenvalue weighted by molar-refractivity contribution is 6.58. The van der Waals surface area contributed by atoms with E-state index in [0.29, 0.717) is 26.3 Å². The molecule has 0 bridgehead atoms. The molecule has 5 aliphatic rings. The minimum atomic E-state index is -2.77. The van der Waals surface area contributed by atoms with Crippen molar-refractivity contribution >= 4 is 63.9 Å². The Bertz CT molecular complexity index is 2170. The second-order valence-corrected chi connectivity index (χ2v) is 15.0. The van der Waals surface area contributed by atoms with E-state index in [1.807, 2.05) is 0 Å². The van der Waals surface area contributed by atoms with Crippen LogP contribution in [0.1, 0.15) is 24.3 Å². The zero-order valence-electron chi connectivity index (χ0n) is 28.1. The monoisotopic (exact) mass is 791 g/mol. The molecule has 3 heterocycles. The Morgan fingerprint density at radius 1 is 0.796 bits per heavy atom. The Morgan fingerprint density at radius 3 is 2.02 bits per heavy atom. The van der Waals surface area contributed by atoms with E-state index in [9.17, 15) is 37.5 Å². The van der Waals surface area contributed by atoms with E-state index >= 15 is 8.78 Å². The highest BCUT2D eigenvalue weighted by Crippen LogP contribution is 2.67. The van der Waals surface area contributed by atoms with Crippen molar-refractivity contribution in [3.8, 4) is 11.5 Å². The van der Waals surface area contributed by atoms with Crippen LogP contribution >= 0.6 is 23.2 Å². The number of allylic oxidation sites excluding steroid dienone is 2. The zero-order chi connectivity index (χ0) is 38.6. The molecule has 2 aliphatic carbocycles. The first-order valence-electron chi connectivity index (χ1n) is 16.8. The molecule has 3 aromatic carbocycles. The van der Waals surface area contributed by atoms with E-state index in [4.69, 9.17) is 32.7 Å². The van der Waals surface area contributed by atoms with Gasteiger partial charge in [-0.2, -0.15) is 0 Å². The molecular formula is C37H28Cl2F5N3O7. The smallest absolute Gasteiger partial charge is 0.258 e. The summed E-state index contributed by atoms with van der Waals surface area (Å²) in [6.07, 6.45) is 0.830. The molecule has 3 aliphatic heterocycles. The van der Waals surface area contributed by atoms with E-state index in [-0.39, 0.29) is 33.9 Å². The minimum Gasteiger partial charge on any atom is -0.508 e. The third kappa shape index (κ3) is 4.80. The van der Waals surface area contributed by atoms with Crippen LogP contribution in [0.2, 0.25) is 0 Å². The van der Waals surface area contributed by atoms with Gasteiger partial charge in [0.05, 0.1) is 37.8 Å². The van der Waals surface area contributed by atoms with Crippen LogP contribution in [0.4, 0.5) is 39.0 Å². The first kappa shape index (κ1) is 36.3. The summed E-state index contributed by atoms with van der Waals surface area (Å²) in [7, 11) is 1.31. The van der Waals surface area contributed by atoms with Gasteiger partial charge in [0.25, 0.3) is 11.8 Å². The molecule has 4 amide bonds. The summed E-state index contributed by atoms with van der Waals surface area (Å²) in [6.45, 7) is 2.38. The van der Waals surface area contributed by atoms with Crippen molar-refractivity contribution in [2.24, 2.45) is 17.8 Å². The third-order valence-electron chi connectivity index (χ3n) is 11.3. The number of phenols is 1. The van der Waals surface area contributed by atoms with Crippen molar-refractivity contribution in [2.75, 3.05) is 48.1 Å². The van der Waals surface area contributed by atoms with Gasteiger partial charge in [-0.1, -0.05) is 17.7 Å². The predicted molar refractivity (Wildman–Crippen MR) is 183 cm³/mol. The molecule has 1 saturated carbocycles. The molecule has 17 heteroatoms. The van der Waals surface area contributed by atoms with E-state index in [1.54, 1.807) is 30.3 Å². The summed E-state index contributed by atoms with van der Waals surface area (Å²) in [5.41, 5.74) is -0.688. The molecule has 54 heavy (non-hydrogen) atoms.